The fourth-order valence-electron chi connectivity index (χ4n) is 1.85. The molecule has 0 aliphatic heterocycles. The maximum Gasteiger partial charge on any atom is 0.451 e. The summed E-state index contributed by atoms with van der Waals surface area (Å²) in [7, 11) is 0. The number of halogens is 3. The van der Waals surface area contributed by atoms with Crippen LogP contribution in [-0.4, -0.2) is 26.2 Å². The number of hydrogen-bond donors (Lipinski definition) is 2. The third kappa shape index (κ3) is 3.26. The standard InChI is InChI=1S/C14H10F3N5O2/c1-7-2-4-8(5-3-7)9-6-10(24-22-9)11(23)18-13-19-12(20-21-13)14(15,16)17/h2-6H,1H3,(H2,18,19,20,21,23). The molecule has 0 atom stereocenters. The highest BCUT2D eigenvalue weighted by molar-refractivity contribution is 6.01. The fourth-order valence-corrected chi connectivity index (χ4v) is 1.85. The Morgan fingerprint density at radius 2 is 1.96 bits per heavy atom. The van der Waals surface area contributed by atoms with Crippen molar-refractivity contribution in [3.05, 3.63) is 47.5 Å². The smallest absolute Gasteiger partial charge is 0.350 e. The average Bonchev–Trinajstić information content (AvgIpc) is 3.16. The Morgan fingerprint density at radius 3 is 2.58 bits per heavy atom. The molecule has 2 aromatic heterocycles. The van der Waals surface area contributed by atoms with Gasteiger partial charge in [-0.2, -0.15) is 18.2 Å². The molecule has 10 heteroatoms. The molecule has 1 amide bonds. The number of anilines is 1. The van der Waals surface area contributed by atoms with Crippen molar-refractivity contribution in [3.63, 3.8) is 0 Å². The van der Waals surface area contributed by atoms with E-state index < -0.39 is 23.9 Å². The summed E-state index contributed by atoms with van der Waals surface area (Å²) >= 11 is 0. The van der Waals surface area contributed by atoms with E-state index in [9.17, 15) is 18.0 Å². The van der Waals surface area contributed by atoms with Gasteiger partial charge >= 0.3 is 6.18 Å². The molecule has 3 rings (SSSR count). The second-order valence-electron chi connectivity index (χ2n) is 4.90. The maximum absolute atomic E-state index is 12.4. The van der Waals surface area contributed by atoms with Crippen molar-refractivity contribution in [2.75, 3.05) is 5.32 Å². The van der Waals surface area contributed by atoms with Gasteiger partial charge < -0.3 is 4.52 Å². The van der Waals surface area contributed by atoms with Crippen LogP contribution < -0.4 is 5.32 Å². The van der Waals surface area contributed by atoms with E-state index in [0.29, 0.717) is 5.69 Å². The van der Waals surface area contributed by atoms with Gasteiger partial charge in [-0.3, -0.25) is 15.2 Å². The summed E-state index contributed by atoms with van der Waals surface area (Å²) in [5.74, 6) is -2.81. The molecule has 0 unspecified atom stereocenters. The lowest BCUT2D eigenvalue weighted by atomic mass is 10.1. The molecule has 1 aromatic carbocycles. The van der Waals surface area contributed by atoms with Gasteiger partial charge in [-0.25, -0.2) is 0 Å². The molecular weight excluding hydrogens is 327 g/mol. The lowest BCUT2D eigenvalue weighted by Crippen LogP contribution is -2.12. The van der Waals surface area contributed by atoms with Crippen LogP contribution >= 0.6 is 0 Å². The Bertz CT molecular complexity index is 867. The molecule has 124 valence electrons. The second kappa shape index (κ2) is 5.80. The molecule has 0 fully saturated rings. The van der Waals surface area contributed by atoms with E-state index in [2.05, 4.69) is 20.6 Å². The van der Waals surface area contributed by atoms with Crippen molar-refractivity contribution in [1.82, 2.24) is 20.3 Å². The molecule has 0 aliphatic rings. The lowest BCUT2D eigenvalue weighted by molar-refractivity contribution is -0.144. The minimum absolute atomic E-state index is 0.177. The van der Waals surface area contributed by atoms with E-state index in [1.165, 1.54) is 6.07 Å². The largest absolute Gasteiger partial charge is 0.451 e. The number of nitrogens with one attached hydrogen (secondary N) is 2. The molecule has 0 radical (unpaired) electrons. The van der Waals surface area contributed by atoms with Crippen LogP contribution in [0.3, 0.4) is 0 Å². The molecule has 2 N–H and O–H groups in total. The normalized spacial score (nSPS) is 11.5. The third-order valence-electron chi connectivity index (χ3n) is 3.06. The zero-order valence-corrected chi connectivity index (χ0v) is 12.2. The summed E-state index contributed by atoms with van der Waals surface area (Å²) < 4.78 is 42.1. The first-order valence-corrected chi connectivity index (χ1v) is 6.67. The molecule has 0 saturated carbocycles. The Kier molecular flexibility index (Phi) is 3.80. The van der Waals surface area contributed by atoms with E-state index in [0.717, 1.165) is 11.1 Å². The number of H-pyrrole nitrogens is 1. The highest BCUT2D eigenvalue weighted by Gasteiger charge is 2.35. The fraction of sp³-hybridized carbons (Fsp3) is 0.143. The number of hydrogen-bond acceptors (Lipinski definition) is 5. The van der Waals surface area contributed by atoms with Crippen LogP contribution in [0.25, 0.3) is 11.3 Å². The molecule has 0 bridgehead atoms. The number of benzene rings is 1. The maximum atomic E-state index is 12.4. The lowest BCUT2D eigenvalue weighted by Gasteiger charge is -1.98. The Hall–Kier alpha value is -3.17. The SMILES string of the molecule is Cc1ccc(-c2cc(C(=O)Nc3n[nH]c(C(F)(F)F)n3)on2)cc1. The molecule has 2 heterocycles. The third-order valence-corrected chi connectivity index (χ3v) is 3.06. The Labute approximate surface area is 132 Å². The first-order valence-electron chi connectivity index (χ1n) is 6.67. The molecule has 7 nitrogen and oxygen atoms in total. The molecule has 0 saturated heterocycles. The second-order valence-corrected chi connectivity index (χ2v) is 4.90. The number of amides is 1. The van der Waals surface area contributed by atoms with Crippen molar-refractivity contribution in [1.29, 1.82) is 0 Å². The van der Waals surface area contributed by atoms with Gasteiger partial charge in [0, 0.05) is 11.6 Å². The zero-order valence-electron chi connectivity index (χ0n) is 12.2. The Balaban J connectivity index is 1.74. The number of alkyl halides is 3. The van der Waals surface area contributed by atoms with Gasteiger partial charge in [0.05, 0.1) is 0 Å². The van der Waals surface area contributed by atoms with Gasteiger partial charge in [0.2, 0.25) is 17.5 Å². The highest BCUT2D eigenvalue weighted by Crippen LogP contribution is 2.26. The van der Waals surface area contributed by atoms with Crippen LogP contribution in [-0.2, 0) is 6.18 Å². The molecular formula is C14H10F3N5O2. The van der Waals surface area contributed by atoms with Crippen molar-refractivity contribution in [2.45, 2.75) is 13.1 Å². The van der Waals surface area contributed by atoms with Crippen molar-refractivity contribution < 1.29 is 22.5 Å². The Morgan fingerprint density at radius 1 is 1.25 bits per heavy atom. The molecule has 3 aromatic rings. The van der Waals surface area contributed by atoms with E-state index in [1.54, 1.807) is 17.2 Å². The van der Waals surface area contributed by atoms with Crippen molar-refractivity contribution in [3.8, 4) is 11.3 Å². The number of carbonyl (C=O) groups is 1. The van der Waals surface area contributed by atoms with E-state index >= 15 is 0 Å². The molecule has 0 spiro atoms. The minimum atomic E-state index is -4.68. The van der Waals surface area contributed by atoms with Gasteiger partial charge in [0.1, 0.15) is 5.69 Å². The topological polar surface area (TPSA) is 96.7 Å². The monoisotopic (exact) mass is 337 g/mol. The van der Waals surface area contributed by atoms with Crippen molar-refractivity contribution in [2.24, 2.45) is 0 Å². The van der Waals surface area contributed by atoms with Crippen LogP contribution in [0.15, 0.2) is 34.9 Å². The van der Waals surface area contributed by atoms with Gasteiger partial charge in [-0.15, -0.1) is 5.10 Å². The molecule has 24 heavy (non-hydrogen) atoms. The van der Waals surface area contributed by atoms with E-state index in [4.69, 9.17) is 4.52 Å². The van der Waals surface area contributed by atoms with Crippen molar-refractivity contribution >= 4 is 11.9 Å². The van der Waals surface area contributed by atoms with Crippen LogP contribution in [0.4, 0.5) is 19.1 Å². The minimum Gasteiger partial charge on any atom is -0.350 e. The number of aromatic amines is 1. The predicted molar refractivity (Wildman–Crippen MR) is 76.0 cm³/mol. The quantitative estimate of drug-likeness (QED) is 0.766. The van der Waals surface area contributed by atoms with Crippen LogP contribution in [0, 0.1) is 6.92 Å². The van der Waals surface area contributed by atoms with Gasteiger partial charge in [-0.05, 0) is 6.92 Å². The first-order chi connectivity index (χ1) is 11.3. The predicted octanol–water partition coefficient (Wildman–Crippen LogP) is 3.04. The average molecular weight is 337 g/mol. The summed E-state index contributed by atoms with van der Waals surface area (Å²) in [4.78, 5) is 15.1. The number of aryl methyl sites for hydroxylation is 1. The number of aromatic nitrogens is 4. The van der Waals surface area contributed by atoms with Crippen LogP contribution in [0.2, 0.25) is 0 Å². The van der Waals surface area contributed by atoms with E-state index in [1.807, 2.05) is 19.1 Å². The zero-order chi connectivity index (χ0) is 17.3. The number of carbonyl (C=O) groups excluding carboxylic acids is 1. The van der Waals surface area contributed by atoms with Crippen LogP contribution in [0.5, 0.6) is 0 Å². The van der Waals surface area contributed by atoms with Gasteiger partial charge in [0.25, 0.3) is 5.91 Å². The highest BCUT2D eigenvalue weighted by atomic mass is 19.4. The summed E-state index contributed by atoms with van der Waals surface area (Å²) in [6.07, 6.45) is -4.68. The van der Waals surface area contributed by atoms with Crippen LogP contribution in [0.1, 0.15) is 21.9 Å². The van der Waals surface area contributed by atoms with Gasteiger partial charge in [-0.1, -0.05) is 35.0 Å². The number of nitrogens with zero attached hydrogens (tertiary/aromatic N) is 3. The first kappa shape index (κ1) is 15.7. The van der Waals surface area contributed by atoms with E-state index in [-0.39, 0.29) is 5.76 Å². The number of rotatable bonds is 3. The molecule has 0 aliphatic carbocycles. The summed E-state index contributed by atoms with van der Waals surface area (Å²) in [6.45, 7) is 1.93. The summed E-state index contributed by atoms with van der Waals surface area (Å²) in [5.41, 5.74) is 2.22. The van der Waals surface area contributed by atoms with Gasteiger partial charge in [0.15, 0.2) is 0 Å². The summed E-state index contributed by atoms with van der Waals surface area (Å²) in [6, 6.07) is 8.73. The summed E-state index contributed by atoms with van der Waals surface area (Å²) in [5, 5.41) is 10.8.